The van der Waals surface area contributed by atoms with Crippen molar-refractivity contribution in [3.63, 3.8) is 0 Å². The van der Waals surface area contributed by atoms with Crippen LogP contribution in [0.2, 0.25) is 0 Å². The molecule has 4 nitrogen and oxygen atoms in total. The summed E-state index contributed by atoms with van der Waals surface area (Å²) in [5, 5.41) is 7.16. The average Bonchev–Trinajstić information content (AvgIpc) is 2.82. The Labute approximate surface area is 109 Å². The van der Waals surface area contributed by atoms with Gasteiger partial charge < -0.3 is 20.1 Å². The summed E-state index contributed by atoms with van der Waals surface area (Å²) in [7, 11) is 0. The van der Waals surface area contributed by atoms with Crippen molar-refractivity contribution in [3.8, 4) is 0 Å². The molecule has 100 valence electrons. The van der Waals surface area contributed by atoms with Crippen molar-refractivity contribution in [2.75, 3.05) is 26.4 Å². The van der Waals surface area contributed by atoms with E-state index < -0.39 is 0 Å². The third-order valence-electron chi connectivity index (χ3n) is 2.84. The molecule has 1 heterocycles. The predicted molar refractivity (Wildman–Crippen MR) is 73.3 cm³/mol. The molecular formula is C12H24N2O2S. The normalized spacial score (nSPS) is 21.2. The van der Waals surface area contributed by atoms with Gasteiger partial charge in [-0.25, -0.2) is 0 Å². The van der Waals surface area contributed by atoms with Gasteiger partial charge in [0.05, 0.1) is 12.1 Å². The van der Waals surface area contributed by atoms with Crippen molar-refractivity contribution in [2.45, 2.75) is 45.3 Å². The van der Waals surface area contributed by atoms with Gasteiger partial charge in [0.2, 0.25) is 0 Å². The lowest BCUT2D eigenvalue weighted by Gasteiger charge is -2.21. The third kappa shape index (κ3) is 6.19. The van der Waals surface area contributed by atoms with E-state index in [-0.39, 0.29) is 6.04 Å². The van der Waals surface area contributed by atoms with Gasteiger partial charge in [0.1, 0.15) is 0 Å². The van der Waals surface area contributed by atoms with E-state index in [1.807, 2.05) is 6.92 Å². The minimum absolute atomic E-state index is 0.282. The second-order valence-electron chi connectivity index (χ2n) is 4.29. The van der Waals surface area contributed by atoms with Crippen LogP contribution < -0.4 is 10.6 Å². The first-order valence-corrected chi connectivity index (χ1v) is 6.88. The first-order valence-electron chi connectivity index (χ1n) is 6.47. The number of ether oxygens (including phenoxy) is 2. The van der Waals surface area contributed by atoms with Crippen molar-refractivity contribution < 1.29 is 9.47 Å². The van der Waals surface area contributed by atoms with E-state index in [0.29, 0.717) is 11.2 Å². The zero-order valence-corrected chi connectivity index (χ0v) is 11.6. The van der Waals surface area contributed by atoms with Crippen LogP contribution in [0.1, 0.15) is 33.1 Å². The molecule has 0 bridgehead atoms. The molecule has 0 aliphatic carbocycles. The number of hydrogen-bond acceptors (Lipinski definition) is 3. The summed E-state index contributed by atoms with van der Waals surface area (Å²) in [6.45, 7) is 7.41. The summed E-state index contributed by atoms with van der Waals surface area (Å²) < 4.78 is 10.9. The molecule has 2 unspecified atom stereocenters. The second-order valence-corrected chi connectivity index (χ2v) is 4.70. The van der Waals surface area contributed by atoms with Crippen molar-refractivity contribution in [1.82, 2.24) is 10.6 Å². The summed E-state index contributed by atoms with van der Waals surface area (Å²) in [6.07, 6.45) is 3.56. The van der Waals surface area contributed by atoms with Crippen molar-refractivity contribution in [2.24, 2.45) is 0 Å². The first kappa shape index (κ1) is 14.7. The van der Waals surface area contributed by atoms with Gasteiger partial charge in [0.15, 0.2) is 5.11 Å². The summed E-state index contributed by atoms with van der Waals surface area (Å²) in [5.41, 5.74) is 0. The molecular weight excluding hydrogens is 236 g/mol. The van der Waals surface area contributed by atoms with Gasteiger partial charge in [-0.05, 0) is 45.3 Å². The smallest absolute Gasteiger partial charge is 0.166 e. The quantitative estimate of drug-likeness (QED) is 0.536. The van der Waals surface area contributed by atoms with E-state index in [0.717, 1.165) is 45.6 Å². The molecule has 2 N–H and O–H groups in total. The molecule has 2 atom stereocenters. The van der Waals surface area contributed by atoms with Crippen LogP contribution in [0.3, 0.4) is 0 Å². The fourth-order valence-corrected chi connectivity index (χ4v) is 2.16. The molecule has 1 saturated heterocycles. The Bertz CT molecular complexity index is 221. The van der Waals surface area contributed by atoms with E-state index in [2.05, 4.69) is 17.6 Å². The molecule has 17 heavy (non-hydrogen) atoms. The Kier molecular flexibility index (Phi) is 7.48. The minimum atomic E-state index is 0.282. The van der Waals surface area contributed by atoms with E-state index in [9.17, 15) is 0 Å². The molecule has 0 spiro atoms. The highest BCUT2D eigenvalue weighted by Crippen LogP contribution is 2.15. The lowest BCUT2D eigenvalue weighted by atomic mass is 10.1. The van der Waals surface area contributed by atoms with Gasteiger partial charge in [-0.2, -0.15) is 0 Å². The molecule has 0 saturated carbocycles. The van der Waals surface area contributed by atoms with Gasteiger partial charge >= 0.3 is 0 Å². The van der Waals surface area contributed by atoms with E-state index in [4.69, 9.17) is 21.7 Å². The number of hydrogen-bond donors (Lipinski definition) is 2. The van der Waals surface area contributed by atoms with E-state index in [1.54, 1.807) is 0 Å². The van der Waals surface area contributed by atoms with Crippen LogP contribution in [0.5, 0.6) is 0 Å². The lowest BCUT2D eigenvalue weighted by Crippen LogP contribution is -2.46. The van der Waals surface area contributed by atoms with Gasteiger partial charge in [-0.1, -0.05) is 0 Å². The molecule has 0 aromatic heterocycles. The monoisotopic (exact) mass is 260 g/mol. The standard InChI is InChI=1S/C12H24N2O2S/c1-3-15-8-5-7-13-12(17)14-10(2)11-6-4-9-16-11/h10-11H,3-9H2,1-2H3,(H2,13,14,17). The van der Waals surface area contributed by atoms with Crippen LogP contribution in [-0.2, 0) is 9.47 Å². The van der Waals surface area contributed by atoms with E-state index in [1.165, 1.54) is 0 Å². The highest BCUT2D eigenvalue weighted by molar-refractivity contribution is 7.80. The van der Waals surface area contributed by atoms with Crippen LogP contribution in [0, 0.1) is 0 Å². The van der Waals surface area contributed by atoms with E-state index >= 15 is 0 Å². The van der Waals surface area contributed by atoms with Gasteiger partial charge in [0.25, 0.3) is 0 Å². The minimum Gasteiger partial charge on any atom is -0.382 e. The van der Waals surface area contributed by atoms with Crippen LogP contribution in [0.4, 0.5) is 0 Å². The topological polar surface area (TPSA) is 42.5 Å². The van der Waals surface area contributed by atoms with Gasteiger partial charge in [0, 0.05) is 26.4 Å². The van der Waals surface area contributed by atoms with Crippen LogP contribution >= 0.6 is 12.2 Å². The summed E-state index contributed by atoms with van der Waals surface area (Å²) in [6, 6.07) is 0.282. The zero-order valence-electron chi connectivity index (χ0n) is 10.8. The third-order valence-corrected chi connectivity index (χ3v) is 3.10. The fourth-order valence-electron chi connectivity index (χ4n) is 1.87. The molecule has 1 rings (SSSR count). The highest BCUT2D eigenvalue weighted by atomic mass is 32.1. The maximum Gasteiger partial charge on any atom is 0.166 e. The molecule has 1 fully saturated rings. The summed E-state index contributed by atoms with van der Waals surface area (Å²) in [5.74, 6) is 0. The Morgan fingerprint density at radius 2 is 2.41 bits per heavy atom. The molecule has 0 radical (unpaired) electrons. The SMILES string of the molecule is CCOCCCNC(=S)NC(C)C1CCCO1. The predicted octanol–water partition coefficient (Wildman–Crippen LogP) is 1.44. The van der Waals surface area contributed by atoms with Crippen molar-refractivity contribution >= 4 is 17.3 Å². The summed E-state index contributed by atoms with van der Waals surface area (Å²) in [4.78, 5) is 0. The molecule has 0 aromatic carbocycles. The maximum absolute atomic E-state index is 5.60. The molecule has 0 aromatic rings. The van der Waals surface area contributed by atoms with Crippen LogP contribution in [0.25, 0.3) is 0 Å². The molecule has 1 aliphatic heterocycles. The Hall–Kier alpha value is -0.390. The Morgan fingerprint density at radius 1 is 1.59 bits per heavy atom. The first-order chi connectivity index (χ1) is 8.24. The molecule has 1 aliphatic rings. The Balaban J connectivity index is 2.03. The lowest BCUT2D eigenvalue weighted by molar-refractivity contribution is 0.0892. The fraction of sp³-hybridized carbons (Fsp3) is 0.917. The largest absolute Gasteiger partial charge is 0.382 e. The summed E-state index contributed by atoms with van der Waals surface area (Å²) >= 11 is 5.23. The van der Waals surface area contributed by atoms with Crippen LogP contribution in [0.15, 0.2) is 0 Å². The number of rotatable bonds is 7. The van der Waals surface area contributed by atoms with Gasteiger partial charge in [-0.15, -0.1) is 0 Å². The van der Waals surface area contributed by atoms with Crippen molar-refractivity contribution in [1.29, 1.82) is 0 Å². The Morgan fingerprint density at radius 3 is 3.06 bits per heavy atom. The number of nitrogens with one attached hydrogen (secondary N) is 2. The van der Waals surface area contributed by atoms with Crippen LogP contribution in [-0.4, -0.2) is 43.6 Å². The van der Waals surface area contributed by atoms with Crippen molar-refractivity contribution in [3.05, 3.63) is 0 Å². The zero-order chi connectivity index (χ0) is 12.5. The highest BCUT2D eigenvalue weighted by Gasteiger charge is 2.22. The van der Waals surface area contributed by atoms with Gasteiger partial charge in [-0.3, -0.25) is 0 Å². The molecule has 5 heteroatoms. The average molecular weight is 260 g/mol. The second kappa shape index (κ2) is 8.66. The molecule has 0 amide bonds. The maximum atomic E-state index is 5.60. The number of thiocarbonyl (C=S) groups is 1.